The first-order valence-corrected chi connectivity index (χ1v) is 9.37. The van der Waals surface area contributed by atoms with Gasteiger partial charge in [-0.1, -0.05) is 46.9 Å². The van der Waals surface area contributed by atoms with Gasteiger partial charge in [-0.3, -0.25) is 14.5 Å². The molecule has 134 valence electrons. The number of imide groups is 1. The second-order valence-corrected chi connectivity index (χ2v) is 7.58. The molecule has 1 saturated heterocycles. The van der Waals surface area contributed by atoms with Crippen LogP contribution in [-0.2, 0) is 11.3 Å². The van der Waals surface area contributed by atoms with E-state index < -0.39 is 5.91 Å². The summed E-state index contributed by atoms with van der Waals surface area (Å²) in [6.07, 6.45) is 1.62. The normalized spacial score (nSPS) is 15.8. The van der Waals surface area contributed by atoms with Crippen molar-refractivity contribution in [2.24, 2.45) is 0 Å². The summed E-state index contributed by atoms with van der Waals surface area (Å²) >= 11 is 19.2. The lowest BCUT2D eigenvalue weighted by Crippen LogP contribution is -2.27. The third-order valence-electron chi connectivity index (χ3n) is 3.73. The minimum atomic E-state index is -0.400. The van der Waals surface area contributed by atoms with Gasteiger partial charge in [0.05, 0.1) is 23.6 Å². The van der Waals surface area contributed by atoms with Gasteiger partial charge in [0.15, 0.2) is 0 Å². The number of rotatable bonds is 4. The van der Waals surface area contributed by atoms with Crippen LogP contribution >= 0.6 is 46.6 Å². The van der Waals surface area contributed by atoms with E-state index in [0.29, 0.717) is 36.8 Å². The zero-order chi connectivity index (χ0) is 18.8. The largest absolute Gasteiger partial charge is 0.495 e. The van der Waals surface area contributed by atoms with Gasteiger partial charge in [-0.15, -0.1) is 0 Å². The summed E-state index contributed by atoms with van der Waals surface area (Å²) in [7, 11) is 1.52. The first kappa shape index (κ1) is 19.1. The van der Waals surface area contributed by atoms with E-state index in [2.05, 4.69) is 0 Å². The highest BCUT2D eigenvalue weighted by molar-refractivity contribution is 8.18. The predicted octanol–water partition coefficient (Wildman–Crippen LogP) is 5.89. The Balaban J connectivity index is 1.86. The lowest BCUT2D eigenvalue weighted by Gasteiger charge is -2.14. The molecule has 26 heavy (non-hydrogen) atoms. The molecule has 1 aliphatic heterocycles. The van der Waals surface area contributed by atoms with Crippen LogP contribution in [0.25, 0.3) is 6.08 Å². The summed E-state index contributed by atoms with van der Waals surface area (Å²) in [6, 6.07) is 10.1. The van der Waals surface area contributed by atoms with Gasteiger partial charge >= 0.3 is 0 Å². The smallest absolute Gasteiger partial charge is 0.293 e. The number of amides is 2. The highest BCUT2D eigenvalue weighted by atomic mass is 35.5. The second-order valence-electron chi connectivity index (χ2n) is 5.36. The molecule has 0 aromatic heterocycles. The molecule has 0 saturated carbocycles. The molecule has 0 radical (unpaired) electrons. The van der Waals surface area contributed by atoms with E-state index >= 15 is 0 Å². The van der Waals surface area contributed by atoms with E-state index in [4.69, 9.17) is 39.5 Å². The topological polar surface area (TPSA) is 46.6 Å². The average Bonchev–Trinajstić information content (AvgIpc) is 2.85. The van der Waals surface area contributed by atoms with Crippen LogP contribution in [0.3, 0.4) is 0 Å². The maximum absolute atomic E-state index is 12.6. The average molecular weight is 429 g/mol. The Labute approximate surface area is 169 Å². The van der Waals surface area contributed by atoms with Crippen molar-refractivity contribution in [3.63, 3.8) is 0 Å². The van der Waals surface area contributed by atoms with Crippen LogP contribution in [0.15, 0.2) is 41.3 Å². The van der Waals surface area contributed by atoms with E-state index in [-0.39, 0.29) is 11.8 Å². The van der Waals surface area contributed by atoms with Crippen LogP contribution in [0.5, 0.6) is 5.75 Å². The van der Waals surface area contributed by atoms with Crippen LogP contribution < -0.4 is 4.74 Å². The SMILES string of the molecule is COc1ccc(/C=C2\SC(=O)N(Cc3c(Cl)cccc3Cl)C2=O)cc1Cl. The molecular weight excluding hydrogens is 417 g/mol. The molecule has 0 unspecified atom stereocenters. The number of methoxy groups -OCH3 is 1. The summed E-state index contributed by atoms with van der Waals surface area (Å²) in [5.41, 5.74) is 1.23. The fourth-order valence-corrected chi connectivity index (χ4v) is 4.02. The third-order valence-corrected chi connectivity index (χ3v) is 5.64. The van der Waals surface area contributed by atoms with E-state index in [0.717, 1.165) is 16.7 Å². The fourth-order valence-electron chi connectivity index (χ4n) is 2.40. The third kappa shape index (κ3) is 3.86. The van der Waals surface area contributed by atoms with Crippen molar-refractivity contribution < 1.29 is 14.3 Å². The number of halogens is 3. The number of ether oxygens (including phenoxy) is 1. The summed E-state index contributed by atoms with van der Waals surface area (Å²) in [4.78, 5) is 26.3. The molecule has 8 heteroatoms. The second kappa shape index (κ2) is 7.92. The summed E-state index contributed by atoms with van der Waals surface area (Å²) in [6.45, 7) is 0.0177. The molecule has 2 aromatic carbocycles. The minimum Gasteiger partial charge on any atom is -0.495 e. The summed E-state index contributed by atoms with van der Waals surface area (Å²) in [5, 5.41) is 0.852. The van der Waals surface area contributed by atoms with Gasteiger partial charge in [0.25, 0.3) is 11.1 Å². The van der Waals surface area contributed by atoms with Crippen LogP contribution in [0.1, 0.15) is 11.1 Å². The molecule has 0 atom stereocenters. The first-order valence-electron chi connectivity index (χ1n) is 7.42. The molecule has 3 rings (SSSR count). The molecular formula is C18H12Cl3NO3S. The summed E-state index contributed by atoms with van der Waals surface area (Å²) < 4.78 is 5.10. The van der Waals surface area contributed by atoms with Crippen molar-refractivity contribution in [3.8, 4) is 5.75 Å². The van der Waals surface area contributed by atoms with Crippen molar-refractivity contribution in [1.29, 1.82) is 0 Å². The standard InChI is InChI=1S/C18H12Cl3NO3S/c1-25-15-6-5-10(7-14(15)21)8-16-17(23)22(18(24)26-16)9-11-12(19)3-2-4-13(11)20/h2-8H,9H2,1H3/b16-8-. The van der Waals surface area contributed by atoms with E-state index in [1.54, 1.807) is 42.5 Å². The van der Waals surface area contributed by atoms with Gasteiger partial charge in [0.1, 0.15) is 5.75 Å². The first-order chi connectivity index (χ1) is 12.4. The van der Waals surface area contributed by atoms with Gasteiger partial charge in [0.2, 0.25) is 0 Å². The van der Waals surface area contributed by atoms with Crippen LogP contribution in [0.4, 0.5) is 4.79 Å². The van der Waals surface area contributed by atoms with Gasteiger partial charge in [-0.25, -0.2) is 0 Å². The fraction of sp³-hybridized carbons (Fsp3) is 0.111. The zero-order valence-electron chi connectivity index (χ0n) is 13.5. The van der Waals surface area contributed by atoms with Crippen LogP contribution in [-0.4, -0.2) is 23.2 Å². The summed E-state index contributed by atoms with van der Waals surface area (Å²) in [5.74, 6) is 0.133. The van der Waals surface area contributed by atoms with E-state index in [1.807, 2.05) is 0 Å². The molecule has 0 aliphatic carbocycles. The highest BCUT2D eigenvalue weighted by Crippen LogP contribution is 2.36. The van der Waals surface area contributed by atoms with Crippen molar-refractivity contribution in [3.05, 3.63) is 67.5 Å². The molecule has 0 bridgehead atoms. The van der Waals surface area contributed by atoms with Crippen molar-refractivity contribution in [1.82, 2.24) is 4.90 Å². The Hall–Kier alpha value is -1.66. The van der Waals surface area contributed by atoms with Crippen molar-refractivity contribution in [2.75, 3.05) is 7.11 Å². The number of carbonyl (C=O) groups excluding carboxylic acids is 2. The number of hydrogen-bond donors (Lipinski definition) is 0. The zero-order valence-corrected chi connectivity index (χ0v) is 16.5. The van der Waals surface area contributed by atoms with Gasteiger partial charge < -0.3 is 4.74 Å². The molecule has 2 aromatic rings. The monoisotopic (exact) mass is 427 g/mol. The maximum atomic E-state index is 12.6. The molecule has 4 nitrogen and oxygen atoms in total. The predicted molar refractivity (Wildman–Crippen MR) is 106 cm³/mol. The Kier molecular flexibility index (Phi) is 5.82. The van der Waals surface area contributed by atoms with Crippen LogP contribution in [0, 0.1) is 0 Å². The number of thioether (sulfide) groups is 1. The minimum absolute atomic E-state index is 0.0177. The maximum Gasteiger partial charge on any atom is 0.293 e. The Morgan fingerprint density at radius 2 is 1.77 bits per heavy atom. The Morgan fingerprint density at radius 1 is 1.08 bits per heavy atom. The number of hydrogen-bond acceptors (Lipinski definition) is 4. The Bertz CT molecular complexity index is 910. The molecule has 0 N–H and O–H groups in total. The van der Waals surface area contributed by atoms with Crippen molar-refractivity contribution in [2.45, 2.75) is 6.54 Å². The number of nitrogens with zero attached hydrogens (tertiary/aromatic N) is 1. The number of carbonyl (C=O) groups is 2. The van der Waals surface area contributed by atoms with Gasteiger partial charge in [-0.2, -0.15) is 0 Å². The number of benzene rings is 2. The molecule has 1 fully saturated rings. The Morgan fingerprint density at radius 3 is 2.38 bits per heavy atom. The van der Waals surface area contributed by atoms with Crippen molar-refractivity contribution >= 4 is 63.8 Å². The van der Waals surface area contributed by atoms with Crippen LogP contribution in [0.2, 0.25) is 15.1 Å². The molecule has 2 amide bonds. The lowest BCUT2D eigenvalue weighted by atomic mass is 10.2. The molecule has 1 aliphatic rings. The van der Waals surface area contributed by atoms with E-state index in [9.17, 15) is 9.59 Å². The molecule has 1 heterocycles. The highest BCUT2D eigenvalue weighted by Gasteiger charge is 2.35. The molecule has 0 spiro atoms. The van der Waals surface area contributed by atoms with Gasteiger partial charge in [0, 0.05) is 15.6 Å². The van der Waals surface area contributed by atoms with E-state index in [1.165, 1.54) is 7.11 Å². The quantitative estimate of drug-likeness (QED) is 0.569. The lowest BCUT2D eigenvalue weighted by molar-refractivity contribution is -0.123. The van der Waals surface area contributed by atoms with Gasteiger partial charge in [-0.05, 0) is 47.7 Å².